The zero-order chi connectivity index (χ0) is 12.5. The lowest BCUT2D eigenvalue weighted by Crippen LogP contribution is -2.44. The van der Waals surface area contributed by atoms with Crippen molar-refractivity contribution in [3.8, 4) is 0 Å². The van der Waals surface area contributed by atoms with Gasteiger partial charge < -0.3 is 9.47 Å². The first kappa shape index (κ1) is 15.3. The average Bonchev–Trinajstić information content (AvgIpc) is 2.29. The molecule has 4 heteroatoms. The molecule has 0 amide bonds. The zero-order valence-corrected chi connectivity index (χ0v) is 12.1. The van der Waals surface area contributed by atoms with Gasteiger partial charge in [-0.1, -0.05) is 13.8 Å². The summed E-state index contributed by atoms with van der Waals surface area (Å²) in [5.74, 6) is 1.59. The molecule has 0 spiro atoms. The van der Waals surface area contributed by atoms with Crippen molar-refractivity contribution in [1.29, 1.82) is 0 Å². The minimum atomic E-state index is 0.252. The first-order chi connectivity index (χ1) is 8.22. The number of nitrogens with zero attached hydrogens (tertiary/aromatic N) is 1. The Balaban J connectivity index is 2.10. The molecule has 3 nitrogen and oxygen atoms in total. The Morgan fingerprint density at radius 2 is 2.29 bits per heavy atom. The van der Waals surface area contributed by atoms with Crippen molar-refractivity contribution >= 4 is 12.6 Å². The van der Waals surface area contributed by atoms with Crippen LogP contribution in [-0.4, -0.2) is 56.2 Å². The van der Waals surface area contributed by atoms with Crippen LogP contribution in [0.1, 0.15) is 26.7 Å². The molecule has 102 valence electrons. The molecule has 0 N–H and O–H groups in total. The van der Waals surface area contributed by atoms with Crippen LogP contribution in [0.15, 0.2) is 0 Å². The molecule has 0 bridgehead atoms. The molecule has 1 aliphatic rings. The predicted octanol–water partition coefficient (Wildman–Crippen LogP) is 2.07. The molecule has 1 atom stereocenters. The van der Waals surface area contributed by atoms with Crippen LogP contribution in [0.4, 0.5) is 0 Å². The predicted molar refractivity (Wildman–Crippen MR) is 74.9 cm³/mol. The highest BCUT2D eigenvalue weighted by molar-refractivity contribution is 7.80. The fraction of sp³-hybridized carbons (Fsp3) is 1.00. The van der Waals surface area contributed by atoms with Crippen LogP contribution in [0, 0.1) is 5.92 Å². The maximum Gasteiger partial charge on any atom is 0.0935 e. The standard InChI is InChI=1S/C13H27NO2S/c1-12(2)4-3-5-14-6-7-16-13(10-14)11-15-8-9-17/h12-13,17H,3-11H2,1-2H3/t13-/m1/s1. The Kier molecular flexibility index (Phi) is 8.27. The van der Waals surface area contributed by atoms with Gasteiger partial charge in [-0.3, -0.25) is 4.90 Å². The van der Waals surface area contributed by atoms with E-state index in [2.05, 4.69) is 31.4 Å². The SMILES string of the molecule is CC(C)CCCN1CCO[C@@H](COCCS)C1. The van der Waals surface area contributed by atoms with Crippen molar-refractivity contribution in [3.05, 3.63) is 0 Å². The Hall–Kier alpha value is 0.230. The van der Waals surface area contributed by atoms with Gasteiger partial charge in [0, 0.05) is 18.8 Å². The van der Waals surface area contributed by atoms with E-state index < -0.39 is 0 Å². The van der Waals surface area contributed by atoms with E-state index in [9.17, 15) is 0 Å². The Labute approximate surface area is 111 Å². The van der Waals surface area contributed by atoms with Crippen molar-refractivity contribution in [2.24, 2.45) is 5.92 Å². The van der Waals surface area contributed by atoms with Crippen molar-refractivity contribution in [2.45, 2.75) is 32.8 Å². The lowest BCUT2D eigenvalue weighted by Gasteiger charge is -2.32. The van der Waals surface area contributed by atoms with Crippen LogP contribution in [0.2, 0.25) is 0 Å². The van der Waals surface area contributed by atoms with Gasteiger partial charge in [0.25, 0.3) is 0 Å². The maximum absolute atomic E-state index is 5.69. The summed E-state index contributed by atoms with van der Waals surface area (Å²) in [4.78, 5) is 2.50. The van der Waals surface area contributed by atoms with Crippen LogP contribution >= 0.6 is 12.6 Å². The first-order valence-corrected chi connectivity index (χ1v) is 7.38. The highest BCUT2D eigenvalue weighted by atomic mass is 32.1. The molecule has 0 aromatic heterocycles. The van der Waals surface area contributed by atoms with Crippen molar-refractivity contribution in [2.75, 3.05) is 45.2 Å². The van der Waals surface area contributed by atoms with Gasteiger partial charge in [0.05, 0.1) is 25.9 Å². The minimum Gasteiger partial charge on any atom is -0.378 e. The van der Waals surface area contributed by atoms with E-state index >= 15 is 0 Å². The molecule has 1 heterocycles. The smallest absolute Gasteiger partial charge is 0.0935 e. The molecule has 0 aromatic carbocycles. The molecular formula is C13H27NO2S. The molecule has 1 fully saturated rings. The maximum atomic E-state index is 5.69. The second-order valence-corrected chi connectivity index (χ2v) is 5.58. The molecule has 1 rings (SSSR count). The fourth-order valence-corrected chi connectivity index (χ4v) is 2.22. The second-order valence-electron chi connectivity index (χ2n) is 5.13. The van der Waals surface area contributed by atoms with Gasteiger partial charge in [0.2, 0.25) is 0 Å². The third-order valence-electron chi connectivity index (χ3n) is 3.02. The van der Waals surface area contributed by atoms with Crippen molar-refractivity contribution in [3.63, 3.8) is 0 Å². The van der Waals surface area contributed by atoms with E-state index in [1.54, 1.807) is 0 Å². The average molecular weight is 261 g/mol. The summed E-state index contributed by atoms with van der Waals surface area (Å²) in [5.41, 5.74) is 0. The third-order valence-corrected chi connectivity index (χ3v) is 3.20. The van der Waals surface area contributed by atoms with Gasteiger partial charge in [0.1, 0.15) is 0 Å². The molecule has 0 radical (unpaired) electrons. The number of hydrogen-bond donors (Lipinski definition) is 1. The second kappa shape index (κ2) is 9.20. The number of hydrogen-bond acceptors (Lipinski definition) is 4. The minimum absolute atomic E-state index is 0.252. The van der Waals surface area contributed by atoms with E-state index in [0.717, 1.165) is 38.0 Å². The highest BCUT2D eigenvalue weighted by Gasteiger charge is 2.19. The lowest BCUT2D eigenvalue weighted by molar-refractivity contribution is -0.0673. The monoisotopic (exact) mass is 261 g/mol. The van der Waals surface area contributed by atoms with Crippen LogP contribution < -0.4 is 0 Å². The summed E-state index contributed by atoms with van der Waals surface area (Å²) < 4.78 is 11.2. The Morgan fingerprint density at radius 1 is 1.47 bits per heavy atom. The molecule has 1 aliphatic heterocycles. The lowest BCUT2D eigenvalue weighted by atomic mass is 10.1. The van der Waals surface area contributed by atoms with Gasteiger partial charge in [-0.25, -0.2) is 0 Å². The zero-order valence-electron chi connectivity index (χ0n) is 11.2. The molecule has 0 unspecified atom stereocenters. The first-order valence-electron chi connectivity index (χ1n) is 6.75. The number of thiol groups is 1. The van der Waals surface area contributed by atoms with E-state index in [0.29, 0.717) is 6.61 Å². The number of morpholine rings is 1. The van der Waals surface area contributed by atoms with Crippen molar-refractivity contribution < 1.29 is 9.47 Å². The summed E-state index contributed by atoms with van der Waals surface area (Å²) in [6.45, 7) is 10.1. The topological polar surface area (TPSA) is 21.7 Å². The van der Waals surface area contributed by atoms with E-state index in [1.807, 2.05) is 0 Å². The van der Waals surface area contributed by atoms with Gasteiger partial charge in [-0.2, -0.15) is 12.6 Å². The summed E-state index contributed by atoms with van der Waals surface area (Å²) >= 11 is 4.13. The number of ether oxygens (including phenoxy) is 2. The third kappa shape index (κ3) is 7.29. The Morgan fingerprint density at radius 3 is 3.00 bits per heavy atom. The normalized spacial score (nSPS) is 22.2. The molecule has 17 heavy (non-hydrogen) atoms. The molecule has 0 aliphatic carbocycles. The van der Waals surface area contributed by atoms with Crippen LogP contribution in [0.5, 0.6) is 0 Å². The van der Waals surface area contributed by atoms with Crippen LogP contribution in [0.3, 0.4) is 0 Å². The van der Waals surface area contributed by atoms with Gasteiger partial charge in [0.15, 0.2) is 0 Å². The largest absolute Gasteiger partial charge is 0.378 e. The molecule has 0 saturated carbocycles. The van der Waals surface area contributed by atoms with E-state index in [1.165, 1.54) is 19.4 Å². The molecule has 1 saturated heterocycles. The molecule has 0 aromatic rings. The number of rotatable bonds is 8. The van der Waals surface area contributed by atoms with E-state index in [4.69, 9.17) is 9.47 Å². The summed E-state index contributed by atoms with van der Waals surface area (Å²) in [5, 5.41) is 0. The van der Waals surface area contributed by atoms with Gasteiger partial charge in [-0.05, 0) is 25.3 Å². The van der Waals surface area contributed by atoms with Gasteiger partial charge >= 0.3 is 0 Å². The van der Waals surface area contributed by atoms with Gasteiger partial charge in [-0.15, -0.1) is 0 Å². The summed E-state index contributed by atoms with van der Waals surface area (Å²) in [7, 11) is 0. The molecular weight excluding hydrogens is 234 g/mol. The highest BCUT2D eigenvalue weighted by Crippen LogP contribution is 2.09. The Bertz CT molecular complexity index is 190. The summed E-state index contributed by atoms with van der Waals surface area (Å²) in [6, 6.07) is 0. The van der Waals surface area contributed by atoms with Crippen LogP contribution in [-0.2, 0) is 9.47 Å². The quantitative estimate of drug-likeness (QED) is 0.534. The van der Waals surface area contributed by atoms with E-state index in [-0.39, 0.29) is 6.10 Å². The van der Waals surface area contributed by atoms with Crippen molar-refractivity contribution in [1.82, 2.24) is 4.90 Å². The fourth-order valence-electron chi connectivity index (χ4n) is 2.09. The summed E-state index contributed by atoms with van der Waals surface area (Å²) in [6.07, 6.45) is 2.86. The van der Waals surface area contributed by atoms with Crippen LogP contribution in [0.25, 0.3) is 0 Å².